The van der Waals surface area contributed by atoms with Crippen LogP contribution in [0.2, 0.25) is 0 Å². The third kappa shape index (κ3) is 2.32. The number of benzene rings is 2. The quantitative estimate of drug-likeness (QED) is 0.776. The van der Waals surface area contributed by atoms with Crippen LogP contribution in [0, 0.1) is 5.82 Å². The average Bonchev–Trinajstić information content (AvgIpc) is 2.82. The summed E-state index contributed by atoms with van der Waals surface area (Å²) in [5.74, 6) is -1.67. The van der Waals surface area contributed by atoms with Crippen molar-refractivity contribution < 1.29 is 19.0 Å². The van der Waals surface area contributed by atoms with Crippen LogP contribution in [0.1, 0.15) is 10.4 Å². The molecule has 0 spiro atoms. The first-order valence-corrected chi connectivity index (χ1v) is 6.37. The van der Waals surface area contributed by atoms with Crippen LogP contribution in [0.4, 0.5) is 4.39 Å². The number of phenolic OH excluding ortho intramolecular Hbond substituents is 1. The van der Waals surface area contributed by atoms with Gasteiger partial charge in [0.2, 0.25) is 0 Å². The van der Waals surface area contributed by atoms with Crippen LogP contribution in [-0.2, 0) is 7.05 Å². The molecule has 0 aliphatic rings. The molecule has 0 aliphatic carbocycles. The Balaban J connectivity index is 2.13. The van der Waals surface area contributed by atoms with E-state index in [9.17, 15) is 14.3 Å². The Morgan fingerprint density at radius 3 is 2.77 bits per heavy atom. The Morgan fingerprint density at radius 2 is 2.09 bits per heavy atom. The highest BCUT2D eigenvalue weighted by Gasteiger charge is 2.16. The molecule has 0 atom stereocenters. The lowest BCUT2D eigenvalue weighted by Crippen LogP contribution is -2.12. The maximum atomic E-state index is 13.8. The van der Waals surface area contributed by atoms with Crippen LogP contribution in [0.3, 0.4) is 0 Å². The minimum Gasteiger partial charge on any atom is -0.508 e. The average molecular weight is 301 g/mol. The first-order chi connectivity index (χ1) is 10.5. The fourth-order valence-electron chi connectivity index (χ4n) is 2.15. The summed E-state index contributed by atoms with van der Waals surface area (Å²) < 4.78 is 20.8. The van der Waals surface area contributed by atoms with E-state index in [1.807, 2.05) is 0 Å². The van der Waals surface area contributed by atoms with Crippen molar-refractivity contribution in [2.24, 2.45) is 12.8 Å². The van der Waals surface area contributed by atoms with E-state index in [1.54, 1.807) is 24.0 Å². The van der Waals surface area contributed by atoms with Gasteiger partial charge in [0.1, 0.15) is 11.5 Å². The minimum atomic E-state index is -0.750. The van der Waals surface area contributed by atoms with Crippen LogP contribution in [0.25, 0.3) is 10.9 Å². The predicted octanol–water partition coefficient (Wildman–Crippen LogP) is 2.31. The molecule has 0 saturated carbocycles. The molecule has 22 heavy (non-hydrogen) atoms. The number of aromatic nitrogens is 2. The van der Waals surface area contributed by atoms with Gasteiger partial charge in [0.15, 0.2) is 11.6 Å². The van der Waals surface area contributed by atoms with E-state index < -0.39 is 11.7 Å². The van der Waals surface area contributed by atoms with Crippen LogP contribution in [0.15, 0.2) is 36.5 Å². The van der Waals surface area contributed by atoms with E-state index in [0.717, 1.165) is 11.5 Å². The highest BCUT2D eigenvalue weighted by atomic mass is 19.1. The van der Waals surface area contributed by atoms with Crippen molar-refractivity contribution in [2.45, 2.75) is 0 Å². The van der Waals surface area contributed by atoms with Gasteiger partial charge in [0, 0.05) is 24.6 Å². The molecule has 1 heterocycles. The molecule has 7 heteroatoms. The number of carbonyl (C=O) groups excluding carboxylic acids is 1. The van der Waals surface area contributed by atoms with Gasteiger partial charge in [-0.2, -0.15) is 5.10 Å². The van der Waals surface area contributed by atoms with Gasteiger partial charge in [-0.3, -0.25) is 9.48 Å². The second kappa shape index (κ2) is 5.03. The number of fused-ring (bicyclic) bond motifs is 1. The van der Waals surface area contributed by atoms with Crippen molar-refractivity contribution in [1.29, 1.82) is 0 Å². The predicted molar refractivity (Wildman–Crippen MR) is 77.4 cm³/mol. The molecule has 1 aromatic heterocycles. The summed E-state index contributed by atoms with van der Waals surface area (Å²) in [5.41, 5.74) is 6.17. The number of halogens is 1. The van der Waals surface area contributed by atoms with Crippen molar-refractivity contribution in [3.8, 4) is 17.2 Å². The molecule has 1 amide bonds. The van der Waals surface area contributed by atoms with Crippen LogP contribution in [-0.4, -0.2) is 20.8 Å². The van der Waals surface area contributed by atoms with Gasteiger partial charge in [0.25, 0.3) is 5.91 Å². The molecule has 2 aromatic carbocycles. The highest BCUT2D eigenvalue weighted by molar-refractivity contribution is 6.00. The first kappa shape index (κ1) is 13.9. The number of phenols is 1. The van der Waals surface area contributed by atoms with Gasteiger partial charge in [-0.25, -0.2) is 4.39 Å². The molecule has 0 fully saturated rings. The van der Waals surface area contributed by atoms with E-state index in [0.29, 0.717) is 5.52 Å². The lowest BCUT2D eigenvalue weighted by atomic mass is 10.1. The monoisotopic (exact) mass is 301 g/mol. The van der Waals surface area contributed by atoms with Crippen molar-refractivity contribution in [3.63, 3.8) is 0 Å². The smallest absolute Gasteiger partial charge is 0.252 e. The number of nitrogens with two attached hydrogens (primary N) is 1. The van der Waals surface area contributed by atoms with Crippen LogP contribution in [0.5, 0.6) is 17.2 Å². The second-order valence-corrected chi connectivity index (χ2v) is 4.76. The number of hydrogen-bond donors (Lipinski definition) is 2. The summed E-state index contributed by atoms with van der Waals surface area (Å²) in [6.07, 6.45) is 1.59. The molecule has 0 unspecified atom stereocenters. The number of amides is 1. The van der Waals surface area contributed by atoms with Crippen molar-refractivity contribution in [2.75, 3.05) is 0 Å². The number of primary amides is 1. The first-order valence-electron chi connectivity index (χ1n) is 6.37. The Bertz CT molecular complexity index is 889. The zero-order valence-electron chi connectivity index (χ0n) is 11.6. The van der Waals surface area contributed by atoms with Gasteiger partial charge in [-0.15, -0.1) is 0 Å². The van der Waals surface area contributed by atoms with E-state index in [-0.39, 0.29) is 22.8 Å². The molecule has 6 nitrogen and oxygen atoms in total. The molecular formula is C15H12FN3O3. The fourth-order valence-corrected chi connectivity index (χ4v) is 2.15. The number of ether oxygens (including phenoxy) is 1. The number of rotatable bonds is 3. The zero-order chi connectivity index (χ0) is 15.9. The summed E-state index contributed by atoms with van der Waals surface area (Å²) in [5, 5.41) is 14.0. The van der Waals surface area contributed by atoms with Crippen molar-refractivity contribution in [3.05, 3.63) is 47.9 Å². The summed E-state index contributed by atoms with van der Waals surface area (Å²) in [6, 6.07) is 6.57. The summed E-state index contributed by atoms with van der Waals surface area (Å²) in [4.78, 5) is 11.6. The summed E-state index contributed by atoms with van der Waals surface area (Å²) >= 11 is 0. The minimum absolute atomic E-state index is 0.118. The van der Waals surface area contributed by atoms with Gasteiger partial charge in [-0.1, -0.05) is 0 Å². The molecule has 0 aliphatic heterocycles. The van der Waals surface area contributed by atoms with Gasteiger partial charge < -0.3 is 15.6 Å². The lowest BCUT2D eigenvalue weighted by molar-refractivity contribution is 0.0998. The Labute approximate surface area is 124 Å². The molecule has 3 aromatic rings. The van der Waals surface area contributed by atoms with Crippen LogP contribution < -0.4 is 10.5 Å². The molecule has 3 rings (SSSR count). The molecule has 3 N–H and O–H groups in total. The SMILES string of the molecule is Cn1ncc2cc(C(N)=O)c(Oc3ccc(O)cc3F)cc21. The van der Waals surface area contributed by atoms with E-state index in [2.05, 4.69) is 5.10 Å². The largest absolute Gasteiger partial charge is 0.508 e. The number of aromatic hydroxyl groups is 1. The second-order valence-electron chi connectivity index (χ2n) is 4.76. The standard InChI is InChI=1S/C15H12FN3O3/c1-19-12-6-14(10(15(17)21)4-8(12)7-18-19)22-13-3-2-9(20)5-11(13)16/h2-7,20H,1H3,(H2,17,21). The Kier molecular flexibility index (Phi) is 3.17. The van der Waals surface area contributed by atoms with Gasteiger partial charge >= 0.3 is 0 Å². The molecular weight excluding hydrogens is 289 g/mol. The molecule has 0 radical (unpaired) electrons. The van der Waals surface area contributed by atoms with Crippen molar-refractivity contribution >= 4 is 16.8 Å². The number of hydrogen-bond acceptors (Lipinski definition) is 4. The summed E-state index contributed by atoms with van der Waals surface area (Å²) in [7, 11) is 1.73. The molecule has 112 valence electrons. The Morgan fingerprint density at radius 1 is 1.32 bits per heavy atom. The maximum absolute atomic E-state index is 13.8. The third-order valence-corrected chi connectivity index (χ3v) is 3.25. The topological polar surface area (TPSA) is 90.4 Å². The Hall–Kier alpha value is -3.09. The molecule has 0 saturated heterocycles. The number of nitrogens with zero attached hydrogens (tertiary/aromatic N) is 2. The third-order valence-electron chi connectivity index (χ3n) is 3.25. The van der Waals surface area contributed by atoms with E-state index >= 15 is 0 Å². The van der Waals surface area contributed by atoms with Gasteiger partial charge in [0.05, 0.1) is 17.3 Å². The number of aryl methyl sites for hydroxylation is 1. The normalized spacial score (nSPS) is 10.8. The maximum Gasteiger partial charge on any atom is 0.252 e. The lowest BCUT2D eigenvalue weighted by Gasteiger charge is -2.11. The molecule has 0 bridgehead atoms. The number of carbonyl (C=O) groups is 1. The van der Waals surface area contributed by atoms with E-state index in [1.165, 1.54) is 18.2 Å². The van der Waals surface area contributed by atoms with Crippen LogP contribution >= 0.6 is 0 Å². The van der Waals surface area contributed by atoms with Crippen molar-refractivity contribution in [1.82, 2.24) is 9.78 Å². The zero-order valence-corrected chi connectivity index (χ0v) is 11.6. The van der Waals surface area contributed by atoms with Gasteiger partial charge in [-0.05, 0) is 18.2 Å². The summed E-state index contributed by atoms with van der Waals surface area (Å²) in [6.45, 7) is 0. The highest BCUT2D eigenvalue weighted by Crippen LogP contribution is 2.32. The van der Waals surface area contributed by atoms with E-state index in [4.69, 9.17) is 10.5 Å². The fraction of sp³-hybridized carbons (Fsp3) is 0.0667.